The standard InChI is InChI=1S/C35H38F2N6O8/c1-35(2,3)51-34(48)43-25-19-22(36)28(37)30(50-21-13-8-7-9-14-21)29(25)40-26(43)20-42-18-12-16-24(32(42)46)38-31(45)23(39-33(47)49-6)15-10-11-17-27(44)41(4)5/h7-9,11-14,16-19,23H,10,15,20H2,1-6H3,(H,38,45)(H,39,47)/b17-11+/t23-/m0/s1. The van der Waals surface area contributed by atoms with E-state index in [1.807, 2.05) is 0 Å². The Kier molecular flexibility index (Phi) is 11.9. The summed E-state index contributed by atoms with van der Waals surface area (Å²) in [6.07, 6.45) is 2.63. The molecule has 14 nitrogen and oxygen atoms in total. The number of fused-ring (bicyclic) bond motifs is 1. The largest absolute Gasteiger partial charge is 0.453 e. The Balaban J connectivity index is 1.71. The molecule has 0 aliphatic carbocycles. The highest BCUT2D eigenvalue weighted by atomic mass is 19.2. The van der Waals surface area contributed by atoms with E-state index in [4.69, 9.17) is 9.47 Å². The normalized spacial score (nSPS) is 12.0. The number of methoxy groups -OCH3 is 1. The number of allylic oxidation sites excluding steroid dienone is 1. The van der Waals surface area contributed by atoms with Crippen LogP contribution in [0.2, 0.25) is 0 Å². The monoisotopic (exact) mass is 708 g/mol. The molecule has 4 rings (SSSR count). The predicted octanol–water partition coefficient (Wildman–Crippen LogP) is 5.19. The highest BCUT2D eigenvalue weighted by molar-refractivity contribution is 5.96. The van der Waals surface area contributed by atoms with E-state index in [9.17, 15) is 24.0 Å². The molecule has 0 fully saturated rings. The molecular weight excluding hydrogens is 670 g/mol. The maximum absolute atomic E-state index is 15.2. The van der Waals surface area contributed by atoms with Crippen molar-refractivity contribution < 1.29 is 42.2 Å². The first-order valence-electron chi connectivity index (χ1n) is 15.7. The van der Waals surface area contributed by atoms with Crippen LogP contribution in [0.5, 0.6) is 11.5 Å². The van der Waals surface area contributed by atoms with Gasteiger partial charge in [0.15, 0.2) is 11.6 Å². The van der Waals surface area contributed by atoms with E-state index in [0.29, 0.717) is 0 Å². The number of hydrogen-bond donors (Lipinski definition) is 2. The molecule has 0 spiro atoms. The Labute approximate surface area is 291 Å². The van der Waals surface area contributed by atoms with Gasteiger partial charge in [-0.3, -0.25) is 14.4 Å². The maximum atomic E-state index is 15.2. The fourth-order valence-electron chi connectivity index (χ4n) is 4.69. The number of hydrogen-bond acceptors (Lipinski definition) is 9. The number of carbonyl (C=O) groups is 4. The molecule has 0 saturated carbocycles. The average molecular weight is 709 g/mol. The SMILES string of the molecule is COC(=O)N[C@@H](CC/C=C/C(=O)N(C)C)C(=O)Nc1cccn(Cc2nc3c(Oc4ccccc4)c(F)c(F)cc3n2C(=O)OC(C)(C)C)c1=O. The van der Waals surface area contributed by atoms with Crippen molar-refractivity contribution in [3.63, 3.8) is 0 Å². The third-order valence-corrected chi connectivity index (χ3v) is 7.12. The molecule has 0 aliphatic rings. The molecule has 51 heavy (non-hydrogen) atoms. The number of nitrogens with one attached hydrogen (secondary N) is 2. The first-order chi connectivity index (χ1) is 24.1. The Morgan fingerprint density at radius 3 is 2.41 bits per heavy atom. The number of ether oxygens (including phenoxy) is 3. The van der Waals surface area contributed by atoms with Gasteiger partial charge in [0.05, 0.1) is 19.2 Å². The number of likely N-dealkylation sites (N-methyl/N-ethyl adjacent to an activating group) is 1. The first-order valence-corrected chi connectivity index (χ1v) is 15.7. The summed E-state index contributed by atoms with van der Waals surface area (Å²) in [6, 6.07) is 10.4. The van der Waals surface area contributed by atoms with Gasteiger partial charge in [0.1, 0.15) is 34.4 Å². The van der Waals surface area contributed by atoms with Gasteiger partial charge in [-0.1, -0.05) is 24.3 Å². The van der Waals surface area contributed by atoms with Crippen molar-refractivity contribution >= 4 is 40.7 Å². The highest BCUT2D eigenvalue weighted by Gasteiger charge is 2.29. The van der Waals surface area contributed by atoms with Crippen LogP contribution in [0.25, 0.3) is 11.0 Å². The van der Waals surface area contributed by atoms with Crippen molar-refractivity contribution in [2.24, 2.45) is 0 Å². The van der Waals surface area contributed by atoms with Gasteiger partial charge in [0.25, 0.3) is 5.56 Å². The van der Waals surface area contributed by atoms with Crippen molar-refractivity contribution in [3.8, 4) is 11.5 Å². The number of rotatable bonds is 11. The van der Waals surface area contributed by atoms with Gasteiger partial charge in [0, 0.05) is 26.4 Å². The number of para-hydroxylation sites is 1. The van der Waals surface area contributed by atoms with Gasteiger partial charge in [-0.05, 0) is 64.0 Å². The van der Waals surface area contributed by atoms with Crippen molar-refractivity contribution in [2.45, 2.75) is 51.8 Å². The van der Waals surface area contributed by atoms with E-state index in [1.54, 1.807) is 59.1 Å². The third-order valence-electron chi connectivity index (χ3n) is 7.12. The quantitative estimate of drug-likeness (QED) is 0.200. The van der Waals surface area contributed by atoms with Crippen LogP contribution in [-0.4, -0.2) is 75.9 Å². The van der Waals surface area contributed by atoms with Crippen LogP contribution in [0.3, 0.4) is 0 Å². The summed E-state index contributed by atoms with van der Waals surface area (Å²) in [4.78, 5) is 70.0. The number of carbonyl (C=O) groups excluding carboxylic acids is 4. The number of alkyl carbamates (subject to hydrolysis) is 1. The minimum Gasteiger partial charge on any atom is -0.453 e. The number of imidazole rings is 1. The topological polar surface area (TPSA) is 163 Å². The second-order valence-electron chi connectivity index (χ2n) is 12.4. The maximum Gasteiger partial charge on any atom is 0.420 e. The predicted molar refractivity (Wildman–Crippen MR) is 183 cm³/mol. The molecule has 0 radical (unpaired) electrons. The zero-order chi connectivity index (χ0) is 37.5. The number of nitrogens with zero attached hydrogens (tertiary/aromatic N) is 4. The number of halogens is 2. The van der Waals surface area contributed by atoms with E-state index in [0.717, 1.165) is 22.3 Å². The van der Waals surface area contributed by atoms with Crippen LogP contribution >= 0.6 is 0 Å². The zero-order valence-corrected chi connectivity index (χ0v) is 28.9. The summed E-state index contributed by atoms with van der Waals surface area (Å²) in [5.74, 6) is -4.23. The smallest absolute Gasteiger partial charge is 0.420 e. The molecule has 2 aromatic heterocycles. The lowest BCUT2D eigenvalue weighted by atomic mass is 10.1. The third kappa shape index (κ3) is 9.55. The minimum atomic E-state index is -1.34. The fourth-order valence-corrected chi connectivity index (χ4v) is 4.69. The van der Waals surface area contributed by atoms with Gasteiger partial charge in [0.2, 0.25) is 17.6 Å². The molecule has 0 unspecified atom stereocenters. The molecule has 1 atom stereocenters. The summed E-state index contributed by atoms with van der Waals surface area (Å²) in [5, 5.41) is 4.91. The van der Waals surface area contributed by atoms with E-state index in [1.165, 1.54) is 41.4 Å². The molecular formula is C35H38F2N6O8. The van der Waals surface area contributed by atoms with Crippen LogP contribution in [0.15, 0.2) is 71.7 Å². The summed E-state index contributed by atoms with van der Waals surface area (Å²) in [7, 11) is 4.29. The molecule has 270 valence electrons. The molecule has 0 bridgehead atoms. The molecule has 0 aliphatic heterocycles. The van der Waals surface area contributed by atoms with Crippen LogP contribution in [0, 0.1) is 11.6 Å². The number of benzene rings is 2. The van der Waals surface area contributed by atoms with Crippen LogP contribution in [0.4, 0.5) is 24.1 Å². The number of anilines is 1. The molecule has 4 aromatic rings. The van der Waals surface area contributed by atoms with Crippen LogP contribution < -0.4 is 20.9 Å². The lowest BCUT2D eigenvalue weighted by Crippen LogP contribution is -2.44. The van der Waals surface area contributed by atoms with E-state index in [2.05, 4.69) is 20.4 Å². The van der Waals surface area contributed by atoms with Gasteiger partial charge in [-0.2, -0.15) is 4.39 Å². The van der Waals surface area contributed by atoms with Crippen LogP contribution in [-0.2, 0) is 25.6 Å². The second kappa shape index (κ2) is 16.1. The van der Waals surface area contributed by atoms with Gasteiger partial charge in [-0.25, -0.2) is 23.5 Å². The van der Waals surface area contributed by atoms with Crippen LogP contribution in [0.1, 0.15) is 39.4 Å². The fraction of sp³-hybridized carbons (Fsp3) is 0.314. The van der Waals surface area contributed by atoms with E-state index < -0.39 is 59.2 Å². The number of aromatic nitrogens is 3. The molecule has 3 amide bonds. The Bertz CT molecular complexity index is 2020. The van der Waals surface area contributed by atoms with Gasteiger partial charge < -0.3 is 34.3 Å². The second-order valence-corrected chi connectivity index (χ2v) is 12.4. The number of amides is 3. The van der Waals surface area contributed by atoms with Crippen molar-refractivity contribution in [2.75, 3.05) is 26.5 Å². The Morgan fingerprint density at radius 2 is 1.76 bits per heavy atom. The Morgan fingerprint density at radius 1 is 1.06 bits per heavy atom. The van der Waals surface area contributed by atoms with E-state index >= 15 is 8.78 Å². The van der Waals surface area contributed by atoms with E-state index in [-0.39, 0.29) is 47.0 Å². The summed E-state index contributed by atoms with van der Waals surface area (Å²) >= 11 is 0. The first kappa shape index (κ1) is 37.8. The van der Waals surface area contributed by atoms with Gasteiger partial charge >= 0.3 is 12.2 Å². The molecule has 2 aromatic carbocycles. The Hall–Kier alpha value is -6.06. The summed E-state index contributed by atoms with van der Waals surface area (Å²) in [5.41, 5.74) is -2.32. The van der Waals surface area contributed by atoms with Gasteiger partial charge in [-0.15, -0.1) is 0 Å². The van der Waals surface area contributed by atoms with Crippen molar-refractivity contribution in [1.82, 2.24) is 24.3 Å². The number of pyridine rings is 1. The molecule has 0 saturated heterocycles. The molecule has 16 heteroatoms. The lowest BCUT2D eigenvalue weighted by molar-refractivity contribution is -0.123. The minimum absolute atomic E-state index is 0.0551. The summed E-state index contributed by atoms with van der Waals surface area (Å²) in [6.45, 7) is 4.43. The molecule has 2 heterocycles. The van der Waals surface area contributed by atoms with Crippen molar-refractivity contribution in [1.29, 1.82) is 0 Å². The zero-order valence-electron chi connectivity index (χ0n) is 28.9. The highest BCUT2D eigenvalue weighted by Crippen LogP contribution is 2.35. The summed E-state index contributed by atoms with van der Waals surface area (Å²) < 4.78 is 48.1. The average Bonchev–Trinajstić information content (AvgIpc) is 3.43. The van der Waals surface area contributed by atoms with Crippen molar-refractivity contribution in [3.05, 3.63) is 94.7 Å². The molecule has 2 N–H and O–H groups in total. The lowest BCUT2D eigenvalue weighted by Gasteiger charge is -2.20.